The molecule has 0 heterocycles. The number of benzene rings is 1. The molecule has 0 aliphatic rings. The van der Waals surface area contributed by atoms with Gasteiger partial charge in [-0.25, -0.2) is 0 Å². The predicted octanol–water partition coefficient (Wildman–Crippen LogP) is 4.46. The lowest BCUT2D eigenvalue weighted by Gasteiger charge is -2.04. The quantitative estimate of drug-likeness (QED) is 0.472. The van der Waals surface area contributed by atoms with E-state index >= 15 is 0 Å². The maximum atomic E-state index is 4.41. The monoisotopic (exact) mass is 322 g/mol. The fourth-order valence-corrected chi connectivity index (χ4v) is 2.22. The van der Waals surface area contributed by atoms with Gasteiger partial charge in [-0.3, -0.25) is 0 Å². The van der Waals surface area contributed by atoms with Gasteiger partial charge in [-0.1, -0.05) is 31.9 Å². The van der Waals surface area contributed by atoms with Crippen LogP contribution in [-0.4, -0.2) is 5.33 Å². The average Bonchev–Trinajstić information content (AvgIpc) is 2.11. The van der Waals surface area contributed by atoms with Gasteiger partial charge in [0.25, 0.3) is 0 Å². The van der Waals surface area contributed by atoms with Gasteiger partial charge in [-0.2, -0.15) is 0 Å². The Morgan fingerprint density at radius 3 is 2.69 bits per heavy atom. The third-order valence-corrected chi connectivity index (χ3v) is 3.36. The molecule has 0 nitrogen and oxygen atoms in total. The number of unbranched alkanes of at least 4 members (excludes halogenated alkanes) is 1. The molecule has 0 spiro atoms. The molecule has 1 aromatic carbocycles. The first-order valence-corrected chi connectivity index (χ1v) is 6.63. The number of hydrogen-bond donors (Lipinski definition) is 1. The van der Waals surface area contributed by atoms with Gasteiger partial charge < -0.3 is 0 Å². The second-order valence-corrected chi connectivity index (χ2v) is 5.11. The second kappa shape index (κ2) is 6.10. The SMILES string of the molecule is Sc1ccc(Br)cc1CCCCBr. The molecule has 0 radical (unpaired) electrons. The summed E-state index contributed by atoms with van der Waals surface area (Å²) in [6, 6.07) is 6.21. The van der Waals surface area contributed by atoms with E-state index < -0.39 is 0 Å². The Bertz CT molecular complexity index is 274. The van der Waals surface area contributed by atoms with Crippen LogP contribution in [0.4, 0.5) is 0 Å². The molecular formula is C10H12Br2S. The van der Waals surface area contributed by atoms with Crippen LogP contribution in [0.3, 0.4) is 0 Å². The Kier molecular flexibility index (Phi) is 5.44. The zero-order chi connectivity index (χ0) is 9.68. The molecular weight excluding hydrogens is 312 g/mol. The van der Waals surface area contributed by atoms with E-state index in [0.29, 0.717) is 0 Å². The maximum absolute atomic E-state index is 4.41. The van der Waals surface area contributed by atoms with Crippen LogP contribution < -0.4 is 0 Å². The van der Waals surface area contributed by atoms with Crippen LogP contribution in [0.25, 0.3) is 0 Å². The zero-order valence-electron chi connectivity index (χ0n) is 7.26. The second-order valence-electron chi connectivity index (χ2n) is 2.92. The fraction of sp³-hybridized carbons (Fsp3) is 0.400. The van der Waals surface area contributed by atoms with Gasteiger partial charge in [-0.05, 0) is 43.0 Å². The van der Waals surface area contributed by atoms with Crippen molar-refractivity contribution in [2.75, 3.05) is 5.33 Å². The van der Waals surface area contributed by atoms with Gasteiger partial charge in [-0.15, -0.1) is 12.6 Å². The van der Waals surface area contributed by atoms with Crippen LogP contribution in [0.1, 0.15) is 18.4 Å². The molecule has 0 aromatic heterocycles. The van der Waals surface area contributed by atoms with Crippen molar-refractivity contribution < 1.29 is 0 Å². The van der Waals surface area contributed by atoms with Crippen molar-refractivity contribution in [1.29, 1.82) is 0 Å². The predicted molar refractivity (Wildman–Crippen MR) is 68.1 cm³/mol. The minimum atomic E-state index is 1.09. The zero-order valence-corrected chi connectivity index (χ0v) is 11.3. The van der Waals surface area contributed by atoms with Gasteiger partial charge in [0, 0.05) is 14.7 Å². The highest BCUT2D eigenvalue weighted by Crippen LogP contribution is 2.21. The number of rotatable bonds is 4. The van der Waals surface area contributed by atoms with E-state index in [0.717, 1.165) is 21.1 Å². The lowest BCUT2D eigenvalue weighted by Crippen LogP contribution is -1.88. The lowest BCUT2D eigenvalue weighted by molar-refractivity contribution is 0.795. The van der Waals surface area contributed by atoms with Crippen LogP contribution in [-0.2, 0) is 6.42 Å². The van der Waals surface area contributed by atoms with Crippen LogP contribution >= 0.6 is 44.5 Å². The Labute approximate surface area is 102 Å². The van der Waals surface area contributed by atoms with Crippen molar-refractivity contribution in [3.8, 4) is 0 Å². The van der Waals surface area contributed by atoms with E-state index in [4.69, 9.17) is 0 Å². The summed E-state index contributed by atoms with van der Waals surface area (Å²) < 4.78 is 1.14. The van der Waals surface area contributed by atoms with E-state index in [9.17, 15) is 0 Å². The summed E-state index contributed by atoms with van der Waals surface area (Å²) in [6.45, 7) is 0. The molecule has 0 aliphatic heterocycles. The number of aryl methyl sites for hydroxylation is 1. The molecule has 1 aromatic rings. The molecule has 1 rings (SSSR count). The van der Waals surface area contributed by atoms with E-state index in [-0.39, 0.29) is 0 Å². The van der Waals surface area contributed by atoms with Crippen LogP contribution in [0.15, 0.2) is 27.6 Å². The first-order valence-electron chi connectivity index (χ1n) is 4.27. The Hall–Kier alpha value is 0.530. The summed E-state index contributed by atoms with van der Waals surface area (Å²) in [5, 5.41) is 1.09. The van der Waals surface area contributed by atoms with E-state index in [1.165, 1.54) is 18.4 Å². The van der Waals surface area contributed by atoms with Crippen molar-refractivity contribution >= 4 is 44.5 Å². The molecule has 0 unspecified atom stereocenters. The van der Waals surface area contributed by atoms with Gasteiger partial charge in [0.15, 0.2) is 0 Å². The molecule has 0 aliphatic carbocycles. The van der Waals surface area contributed by atoms with Crippen molar-refractivity contribution in [2.45, 2.75) is 24.2 Å². The van der Waals surface area contributed by atoms with Crippen LogP contribution in [0.2, 0.25) is 0 Å². The summed E-state index contributed by atoms with van der Waals surface area (Å²) in [5.74, 6) is 0. The van der Waals surface area contributed by atoms with Crippen molar-refractivity contribution in [3.63, 3.8) is 0 Å². The van der Waals surface area contributed by atoms with Crippen LogP contribution in [0, 0.1) is 0 Å². The molecule has 3 heteroatoms. The smallest absolute Gasteiger partial charge is 0.0178 e. The standard InChI is InChI=1S/C10H12Br2S/c11-6-2-1-3-8-7-9(12)4-5-10(8)13/h4-5,7,13H,1-3,6H2. The third-order valence-electron chi connectivity index (χ3n) is 1.87. The maximum Gasteiger partial charge on any atom is 0.0178 e. The Morgan fingerprint density at radius 2 is 2.00 bits per heavy atom. The van der Waals surface area contributed by atoms with Gasteiger partial charge >= 0.3 is 0 Å². The molecule has 0 saturated carbocycles. The van der Waals surface area contributed by atoms with E-state index in [2.05, 4.69) is 50.6 Å². The Balaban J connectivity index is 2.59. The topological polar surface area (TPSA) is 0 Å². The summed E-state index contributed by atoms with van der Waals surface area (Å²) in [5.41, 5.74) is 1.33. The van der Waals surface area contributed by atoms with Crippen molar-refractivity contribution in [2.24, 2.45) is 0 Å². The normalized spacial score (nSPS) is 10.4. The molecule has 0 bridgehead atoms. The first-order chi connectivity index (χ1) is 6.24. The van der Waals surface area contributed by atoms with Gasteiger partial charge in [0.05, 0.1) is 0 Å². The van der Waals surface area contributed by atoms with Crippen molar-refractivity contribution in [1.82, 2.24) is 0 Å². The minimum absolute atomic E-state index is 1.09. The van der Waals surface area contributed by atoms with Crippen molar-refractivity contribution in [3.05, 3.63) is 28.2 Å². The molecule has 0 N–H and O–H groups in total. The number of halogens is 2. The highest BCUT2D eigenvalue weighted by atomic mass is 79.9. The minimum Gasteiger partial charge on any atom is -0.143 e. The molecule has 72 valence electrons. The highest BCUT2D eigenvalue weighted by molar-refractivity contribution is 9.10. The summed E-state index contributed by atoms with van der Waals surface area (Å²) in [6.07, 6.45) is 3.55. The largest absolute Gasteiger partial charge is 0.143 e. The molecule has 0 saturated heterocycles. The van der Waals surface area contributed by atoms with E-state index in [1.54, 1.807) is 0 Å². The number of hydrogen-bond acceptors (Lipinski definition) is 1. The highest BCUT2D eigenvalue weighted by Gasteiger charge is 1.99. The first kappa shape index (κ1) is 11.6. The Morgan fingerprint density at radius 1 is 1.23 bits per heavy atom. The summed E-state index contributed by atoms with van der Waals surface area (Å²) in [7, 11) is 0. The number of thiol groups is 1. The van der Waals surface area contributed by atoms with Gasteiger partial charge in [0.2, 0.25) is 0 Å². The van der Waals surface area contributed by atoms with Gasteiger partial charge in [0.1, 0.15) is 0 Å². The third kappa shape index (κ3) is 4.05. The molecule has 13 heavy (non-hydrogen) atoms. The average molecular weight is 324 g/mol. The lowest BCUT2D eigenvalue weighted by atomic mass is 10.1. The summed E-state index contributed by atoms with van der Waals surface area (Å²) in [4.78, 5) is 1.10. The summed E-state index contributed by atoms with van der Waals surface area (Å²) >= 11 is 11.3. The molecule has 0 fully saturated rings. The van der Waals surface area contributed by atoms with Crippen LogP contribution in [0.5, 0.6) is 0 Å². The molecule has 0 amide bonds. The van der Waals surface area contributed by atoms with E-state index in [1.807, 2.05) is 12.1 Å². The fourth-order valence-electron chi connectivity index (χ4n) is 1.16. The molecule has 0 atom stereocenters. The number of alkyl halides is 1.